The summed E-state index contributed by atoms with van der Waals surface area (Å²) in [5.74, 6) is -1.37. The lowest BCUT2D eigenvalue weighted by Crippen LogP contribution is -2.32. The molecule has 1 aliphatic heterocycles. The number of carbonyl (C=O) groups is 4. The Hall–Kier alpha value is -2.92. The molecule has 0 aromatic heterocycles. The Morgan fingerprint density at radius 2 is 0.857 bits per heavy atom. The maximum absolute atomic E-state index is 11.7. The minimum absolute atomic E-state index is 0.0657. The van der Waals surface area contributed by atoms with Crippen LogP contribution < -0.4 is 0 Å². The van der Waals surface area contributed by atoms with E-state index in [4.69, 9.17) is 61.7 Å². The lowest BCUT2D eigenvalue weighted by molar-refractivity contribution is -0.197. The summed E-state index contributed by atoms with van der Waals surface area (Å²) in [6.45, 7) is 16.3. The first-order chi connectivity index (χ1) is 27.5. The number of amides is 3. The molecule has 1 heterocycles. The van der Waals surface area contributed by atoms with Gasteiger partial charge >= 0.3 is 5.97 Å². The van der Waals surface area contributed by atoms with Crippen molar-refractivity contribution in [3.05, 3.63) is 24.4 Å². The van der Waals surface area contributed by atoms with Crippen molar-refractivity contribution in [3.63, 3.8) is 0 Å². The number of hydrogen-bond acceptors (Lipinski definition) is 17. The molecule has 0 spiro atoms. The third-order valence-electron chi connectivity index (χ3n) is 7.04. The van der Waals surface area contributed by atoms with E-state index < -0.39 is 11.9 Å². The second-order valence-corrected chi connectivity index (χ2v) is 11.5. The molecule has 0 fully saturated rings. The van der Waals surface area contributed by atoms with Crippen LogP contribution in [0.4, 0.5) is 0 Å². The summed E-state index contributed by atoms with van der Waals surface area (Å²) < 4.78 is 65.3. The Bertz CT molecular complexity index is 1020. The first-order valence-electron chi connectivity index (χ1n) is 19.1. The van der Waals surface area contributed by atoms with Gasteiger partial charge in [-0.05, 0) is 12.5 Å². The second kappa shape index (κ2) is 38.9. The Kier molecular flexibility index (Phi) is 35.5. The lowest BCUT2D eigenvalue weighted by atomic mass is 10.3. The molecule has 19 nitrogen and oxygen atoms in total. The zero-order valence-electron chi connectivity index (χ0n) is 33.1. The number of hydroxylamine groups is 2. The van der Waals surface area contributed by atoms with Gasteiger partial charge in [0.05, 0.1) is 165 Å². The Morgan fingerprint density at radius 3 is 1.14 bits per heavy atom. The molecule has 1 aliphatic rings. The summed E-state index contributed by atoms with van der Waals surface area (Å²) in [6.07, 6.45) is 3.91. The van der Waals surface area contributed by atoms with E-state index in [-0.39, 0.29) is 38.4 Å². The van der Waals surface area contributed by atoms with E-state index in [0.717, 1.165) is 0 Å². The molecule has 3 amide bonds. The molecule has 0 aliphatic carbocycles. The van der Waals surface area contributed by atoms with Gasteiger partial charge in [0.2, 0.25) is 0 Å². The Morgan fingerprint density at radius 1 is 0.536 bits per heavy atom. The summed E-state index contributed by atoms with van der Waals surface area (Å²) in [6, 6.07) is 0. The minimum Gasteiger partial charge on any atom is -0.378 e. The SMILES string of the molecule is C=C1C=CC(=O)N1CCOCCOCCOCCOCCOCCOCCOCCOCCOCCOCCOCCOCCC(=O)ON(C=O)C(=O)CCC. The molecule has 0 aromatic carbocycles. The molecule has 324 valence electrons. The highest BCUT2D eigenvalue weighted by atomic mass is 16.7. The van der Waals surface area contributed by atoms with Crippen LogP contribution in [0, 0.1) is 0 Å². The molecular formula is C37H64N2O17. The number of rotatable bonds is 42. The van der Waals surface area contributed by atoms with Crippen LogP contribution in [0.3, 0.4) is 0 Å². The summed E-state index contributed by atoms with van der Waals surface area (Å²) in [5, 5.41) is 0.409. The highest BCUT2D eigenvalue weighted by Gasteiger charge is 2.18. The molecule has 0 saturated heterocycles. The molecule has 56 heavy (non-hydrogen) atoms. The fourth-order valence-corrected chi connectivity index (χ4v) is 4.19. The van der Waals surface area contributed by atoms with Gasteiger partial charge in [0.1, 0.15) is 0 Å². The molecule has 0 aromatic rings. The normalized spacial score (nSPS) is 12.6. The van der Waals surface area contributed by atoms with E-state index >= 15 is 0 Å². The van der Waals surface area contributed by atoms with Crippen molar-refractivity contribution in [1.82, 2.24) is 9.96 Å². The monoisotopic (exact) mass is 808 g/mol. The first kappa shape index (κ1) is 51.1. The molecule has 0 bridgehead atoms. The number of ether oxygens (including phenoxy) is 12. The van der Waals surface area contributed by atoms with E-state index in [1.807, 2.05) is 0 Å². The quantitative estimate of drug-likeness (QED) is 0.0475. The van der Waals surface area contributed by atoms with Crippen LogP contribution in [0.25, 0.3) is 0 Å². The van der Waals surface area contributed by atoms with Crippen LogP contribution >= 0.6 is 0 Å². The largest absolute Gasteiger partial charge is 0.378 e. The fourth-order valence-electron chi connectivity index (χ4n) is 4.19. The van der Waals surface area contributed by atoms with Crippen LogP contribution in [0.15, 0.2) is 24.4 Å². The van der Waals surface area contributed by atoms with Crippen molar-refractivity contribution in [2.24, 2.45) is 0 Å². The number of hydrogen-bond donors (Lipinski definition) is 0. The van der Waals surface area contributed by atoms with E-state index in [1.165, 1.54) is 6.08 Å². The molecule has 0 radical (unpaired) electrons. The smallest absolute Gasteiger partial charge is 0.335 e. The number of imide groups is 1. The van der Waals surface area contributed by atoms with Crippen molar-refractivity contribution >= 4 is 24.2 Å². The molecule has 0 unspecified atom stereocenters. The van der Waals surface area contributed by atoms with Gasteiger partial charge in [-0.2, -0.15) is 0 Å². The van der Waals surface area contributed by atoms with Gasteiger partial charge in [0, 0.05) is 24.7 Å². The van der Waals surface area contributed by atoms with Crippen LogP contribution in [0.1, 0.15) is 26.2 Å². The molecule has 0 atom stereocenters. The third-order valence-corrected chi connectivity index (χ3v) is 7.04. The summed E-state index contributed by atoms with van der Waals surface area (Å²) >= 11 is 0. The summed E-state index contributed by atoms with van der Waals surface area (Å²) in [5.41, 5.74) is 0.684. The van der Waals surface area contributed by atoms with Gasteiger partial charge in [0.25, 0.3) is 18.2 Å². The van der Waals surface area contributed by atoms with Crippen molar-refractivity contribution in [1.29, 1.82) is 0 Å². The molecular weight excluding hydrogens is 744 g/mol. The maximum Gasteiger partial charge on any atom is 0.335 e. The van der Waals surface area contributed by atoms with Crippen molar-refractivity contribution < 1.29 is 80.9 Å². The highest BCUT2D eigenvalue weighted by Crippen LogP contribution is 2.11. The van der Waals surface area contributed by atoms with Gasteiger partial charge in [-0.1, -0.05) is 13.5 Å². The van der Waals surface area contributed by atoms with Gasteiger partial charge in [-0.3, -0.25) is 14.4 Å². The van der Waals surface area contributed by atoms with Crippen LogP contribution in [-0.2, 0) is 80.9 Å². The summed E-state index contributed by atoms with van der Waals surface area (Å²) in [7, 11) is 0. The van der Waals surface area contributed by atoms with Crippen LogP contribution in [0.5, 0.6) is 0 Å². The average molecular weight is 809 g/mol. The first-order valence-corrected chi connectivity index (χ1v) is 19.1. The van der Waals surface area contributed by atoms with E-state index in [9.17, 15) is 19.2 Å². The Labute approximate surface area is 330 Å². The van der Waals surface area contributed by atoms with Gasteiger partial charge in [-0.25, -0.2) is 4.79 Å². The van der Waals surface area contributed by atoms with E-state index in [0.29, 0.717) is 169 Å². The highest BCUT2D eigenvalue weighted by molar-refractivity contribution is 5.93. The Balaban J connectivity index is 1.66. The molecule has 0 N–H and O–H groups in total. The molecule has 1 rings (SSSR count). The van der Waals surface area contributed by atoms with E-state index in [2.05, 4.69) is 6.58 Å². The third kappa shape index (κ3) is 31.2. The average Bonchev–Trinajstić information content (AvgIpc) is 3.52. The lowest BCUT2D eigenvalue weighted by Gasteiger charge is -2.16. The van der Waals surface area contributed by atoms with Gasteiger partial charge < -0.3 is 66.6 Å². The fraction of sp³-hybridized carbons (Fsp3) is 0.784. The predicted molar refractivity (Wildman–Crippen MR) is 198 cm³/mol. The second-order valence-electron chi connectivity index (χ2n) is 11.5. The summed E-state index contributed by atoms with van der Waals surface area (Å²) in [4.78, 5) is 52.0. The van der Waals surface area contributed by atoms with Crippen molar-refractivity contribution in [2.45, 2.75) is 26.2 Å². The zero-order valence-corrected chi connectivity index (χ0v) is 33.1. The van der Waals surface area contributed by atoms with Crippen molar-refractivity contribution in [3.8, 4) is 0 Å². The number of nitrogens with zero attached hydrogens (tertiary/aromatic N) is 2. The number of allylic oxidation sites excluding steroid dienone is 1. The minimum atomic E-state index is -0.732. The topological polar surface area (TPSA) is 195 Å². The number of carbonyl (C=O) groups excluding carboxylic acids is 4. The predicted octanol–water partition coefficient (Wildman–Crippen LogP) is 0.731. The molecule has 0 saturated carbocycles. The standard InChI is InChI=1S/C37H64N2O17/c1-3-4-36(42)39(33-40)56-37(43)7-9-44-11-13-46-15-17-48-19-21-50-23-25-52-27-29-54-31-32-55-30-28-53-26-24-51-22-20-49-18-16-47-14-12-45-10-8-38-34(2)5-6-35(38)41/h5-6,33H,2-4,7-32H2,1H3. The van der Waals surface area contributed by atoms with Crippen LogP contribution in [0.2, 0.25) is 0 Å². The van der Waals surface area contributed by atoms with E-state index in [1.54, 1.807) is 17.9 Å². The van der Waals surface area contributed by atoms with Crippen LogP contribution in [-0.4, -0.2) is 199 Å². The zero-order chi connectivity index (χ0) is 40.6. The maximum atomic E-state index is 11.7. The molecule has 19 heteroatoms. The van der Waals surface area contributed by atoms with Gasteiger partial charge in [0.15, 0.2) is 0 Å². The van der Waals surface area contributed by atoms with Gasteiger partial charge in [-0.15, -0.1) is 5.06 Å². The van der Waals surface area contributed by atoms with Crippen molar-refractivity contribution in [2.75, 3.05) is 165 Å².